The topological polar surface area (TPSA) is 20.2 Å². The average Bonchev–Trinajstić information content (AvgIpc) is 1.85. The maximum atomic E-state index is 9.01. The van der Waals surface area contributed by atoms with Crippen LogP contribution in [0.4, 0.5) is 0 Å². The molecule has 0 saturated carbocycles. The van der Waals surface area contributed by atoms with Crippen molar-refractivity contribution in [1.29, 1.82) is 0 Å². The van der Waals surface area contributed by atoms with Crippen molar-refractivity contribution in [3.8, 4) is 0 Å². The van der Waals surface area contributed by atoms with Crippen molar-refractivity contribution in [2.75, 3.05) is 0 Å². The maximum Gasteiger partial charge on any atom is 0.0512 e. The summed E-state index contributed by atoms with van der Waals surface area (Å²) in [4.78, 5) is 0. The molecule has 1 N–H and O–H groups in total. The van der Waals surface area contributed by atoms with Gasteiger partial charge in [0.2, 0.25) is 0 Å². The molecule has 0 aromatic rings. The molecule has 0 unspecified atom stereocenters. The Morgan fingerprint density at radius 1 is 1.40 bits per heavy atom. The maximum absolute atomic E-state index is 9.01. The van der Waals surface area contributed by atoms with Gasteiger partial charge in [0.1, 0.15) is 0 Å². The van der Waals surface area contributed by atoms with Crippen LogP contribution in [0.5, 0.6) is 0 Å². The van der Waals surface area contributed by atoms with Gasteiger partial charge in [-0.15, -0.1) is 0 Å². The zero-order valence-electron chi connectivity index (χ0n) is 7.65. The highest BCUT2D eigenvalue weighted by molar-refractivity contribution is 4.67. The Hall–Kier alpha value is -0.0400. The number of hydrogen-bond acceptors (Lipinski definition) is 1. The van der Waals surface area contributed by atoms with E-state index in [0.717, 1.165) is 12.8 Å². The lowest BCUT2D eigenvalue weighted by atomic mass is 9.84. The second kappa shape index (κ2) is 3.97. The highest BCUT2D eigenvalue weighted by atomic mass is 16.3. The first-order chi connectivity index (χ1) is 4.48. The molecule has 0 amide bonds. The van der Waals surface area contributed by atoms with Crippen LogP contribution in [0.3, 0.4) is 0 Å². The van der Waals surface area contributed by atoms with E-state index in [0.29, 0.717) is 5.41 Å². The fraction of sp³-hybridized carbons (Fsp3) is 1.00. The average molecular weight is 144 g/mol. The van der Waals surface area contributed by atoms with Crippen LogP contribution < -0.4 is 0 Å². The first-order valence-corrected chi connectivity index (χ1v) is 4.16. The number of hydrogen-bond donors (Lipinski definition) is 1. The van der Waals surface area contributed by atoms with Crippen LogP contribution in [0.25, 0.3) is 0 Å². The number of aliphatic hydroxyl groups excluding tert-OH is 1. The Morgan fingerprint density at radius 2 is 1.90 bits per heavy atom. The molecule has 0 saturated heterocycles. The van der Waals surface area contributed by atoms with E-state index in [9.17, 15) is 0 Å². The summed E-state index contributed by atoms with van der Waals surface area (Å²) in [7, 11) is 0. The molecule has 0 aliphatic carbocycles. The molecule has 0 aromatic heterocycles. The second-order valence-electron chi connectivity index (χ2n) is 3.91. The summed E-state index contributed by atoms with van der Waals surface area (Å²) < 4.78 is 0. The van der Waals surface area contributed by atoms with Gasteiger partial charge in [-0.2, -0.15) is 0 Å². The Balaban J connectivity index is 3.46. The van der Waals surface area contributed by atoms with E-state index in [4.69, 9.17) is 5.11 Å². The van der Waals surface area contributed by atoms with Gasteiger partial charge in [-0.05, 0) is 25.2 Å². The minimum Gasteiger partial charge on any atom is -0.393 e. The first kappa shape index (κ1) is 9.96. The molecule has 0 spiro atoms. The fourth-order valence-corrected chi connectivity index (χ4v) is 0.776. The van der Waals surface area contributed by atoms with Gasteiger partial charge < -0.3 is 5.11 Å². The minimum absolute atomic E-state index is 0.133. The van der Waals surface area contributed by atoms with E-state index >= 15 is 0 Å². The molecule has 10 heavy (non-hydrogen) atoms. The zero-order chi connectivity index (χ0) is 8.20. The summed E-state index contributed by atoms with van der Waals surface area (Å²) in [6.07, 6.45) is 3.12. The van der Waals surface area contributed by atoms with Gasteiger partial charge in [-0.3, -0.25) is 0 Å². The Bertz CT molecular complexity index is 84.7. The summed E-state index contributed by atoms with van der Waals surface area (Å²) in [5.41, 5.74) is 0.414. The predicted molar refractivity (Wildman–Crippen MR) is 45.0 cm³/mol. The molecule has 0 rings (SSSR count). The summed E-state index contributed by atoms with van der Waals surface area (Å²) in [5.74, 6) is 0. The fourth-order valence-electron chi connectivity index (χ4n) is 0.776. The van der Waals surface area contributed by atoms with Gasteiger partial charge in [0.05, 0.1) is 6.10 Å². The van der Waals surface area contributed by atoms with Gasteiger partial charge in [0.25, 0.3) is 0 Å². The Labute approximate surface area is 64.5 Å². The van der Waals surface area contributed by atoms with E-state index in [1.807, 2.05) is 6.92 Å². The Morgan fingerprint density at radius 3 is 2.20 bits per heavy atom. The lowest BCUT2D eigenvalue weighted by Crippen LogP contribution is -2.12. The van der Waals surface area contributed by atoms with Crippen molar-refractivity contribution in [3.63, 3.8) is 0 Å². The Kier molecular flexibility index (Phi) is 3.95. The molecule has 1 nitrogen and oxygen atoms in total. The largest absolute Gasteiger partial charge is 0.393 e. The molecule has 0 bridgehead atoms. The summed E-state index contributed by atoms with van der Waals surface area (Å²) in [5, 5.41) is 9.01. The van der Waals surface area contributed by atoms with Crippen LogP contribution in [0.2, 0.25) is 0 Å². The molecular weight excluding hydrogens is 124 g/mol. The third-order valence-corrected chi connectivity index (χ3v) is 2.20. The molecule has 0 fully saturated rings. The molecule has 1 atom stereocenters. The lowest BCUT2D eigenvalue weighted by molar-refractivity contribution is 0.157. The SMILES string of the molecule is CCC(C)(C)CC[C@@H](C)O. The minimum atomic E-state index is -0.133. The highest BCUT2D eigenvalue weighted by Gasteiger charge is 2.14. The zero-order valence-corrected chi connectivity index (χ0v) is 7.65. The van der Waals surface area contributed by atoms with E-state index < -0.39 is 0 Å². The lowest BCUT2D eigenvalue weighted by Gasteiger charge is -2.22. The normalized spacial score (nSPS) is 15.3. The molecule has 0 aliphatic heterocycles. The van der Waals surface area contributed by atoms with Crippen LogP contribution in [0, 0.1) is 5.41 Å². The van der Waals surface area contributed by atoms with Crippen molar-refractivity contribution >= 4 is 0 Å². The van der Waals surface area contributed by atoms with Crippen LogP contribution >= 0.6 is 0 Å². The summed E-state index contributed by atoms with van der Waals surface area (Å²) in [6, 6.07) is 0. The second-order valence-corrected chi connectivity index (χ2v) is 3.91. The van der Waals surface area contributed by atoms with Crippen molar-refractivity contribution in [2.24, 2.45) is 5.41 Å². The first-order valence-electron chi connectivity index (χ1n) is 4.16. The predicted octanol–water partition coefficient (Wildman–Crippen LogP) is 2.58. The van der Waals surface area contributed by atoms with Gasteiger partial charge >= 0.3 is 0 Å². The van der Waals surface area contributed by atoms with Crippen molar-refractivity contribution in [1.82, 2.24) is 0 Å². The number of rotatable bonds is 4. The summed E-state index contributed by atoms with van der Waals surface area (Å²) in [6.45, 7) is 8.54. The monoisotopic (exact) mass is 144 g/mol. The molecule has 1 heteroatoms. The van der Waals surface area contributed by atoms with Crippen LogP contribution in [0.15, 0.2) is 0 Å². The molecule has 0 aliphatic rings. The molecule has 0 heterocycles. The van der Waals surface area contributed by atoms with Crippen LogP contribution in [-0.4, -0.2) is 11.2 Å². The molecule has 62 valence electrons. The van der Waals surface area contributed by atoms with E-state index in [1.54, 1.807) is 0 Å². The van der Waals surface area contributed by atoms with Crippen LogP contribution in [-0.2, 0) is 0 Å². The van der Waals surface area contributed by atoms with E-state index in [-0.39, 0.29) is 6.10 Å². The summed E-state index contributed by atoms with van der Waals surface area (Å²) >= 11 is 0. The standard InChI is InChI=1S/C9H20O/c1-5-9(3,4)7-6-8(2)10/h8,10H,5-7H2,1-4H3/t8-/m1/s1. The van der Waals surface area contributed by atoms with Gasteiger partial charge in [0.15, 0.2) is 0 Å². The molecule has 0 radical (unpaired) electrons. The third kappa shape index (κ3) is 4.80. The van der Waals surface area contributed by atoms with E-state index in [1.165, 1.54) is 6.42 Å². The van der Waals surface area contributed by atoms with Crippen molar-refractivity contribution in [2.45, 2.75) is 53.1 Å². The molecule has 0 aromatic carbocycles. The third-order valence-electron chi connectivity index (χ3n) is 2.20. The number of aliphatic hydroxyl groups is 1. The van der Waals surface area contributed by atoms with Gasteiger partial charge in [-0.25, -0.2) is 0 Å². The van der Waals surface area contributed by atoms with Crippen molar-refractivity contribution < 1.29 is 5.11 Å². The van der Waals surface area contributed by atoms with Crippen molar-refractivity contribution in [3.05, 3.63) is 0 Å². The van der Waals surface area contributed by atoms with E-state index in [2.05, 4.69) is 20.8 Å². The van der Waals surface area contributed by atoms with Gasteiger partial charge in [0, 0.05) is 0 Å². The highest BCUT2D eigenvalue weighted by Crippen LogP contribution is 2.26. The quantitative estimate of drug-likeness (QED) is 0.643. The van der Waals surface area contributed by atoms with Crippen LogP contribution in [0.1, 0.15) is 47.0 Å². The molecular formula is C9H20O. The smallest absolute Gasteiger partial charge is 0.0512 e. The van der Waals surface area contributed by atoms with Gasteiger partial charge in [-0.1, -0.05) is 27.2 Å².